The van der Waals surface area contributed by atoms with Gasteiger partial charge in [-0.1, -0.05) is 24.4 Å². The minimum Gasteiger partial charge on any atom is -0.481 e. The molecule has 0 aromatic carbocycles. The molecule has 1 N–H and O–H groups in total. The number of rotatable bonds is 5. The number of aromatic nitrogens is 2. The monoisotopic (exact) mass is 294 g/mol. The lowest BCUT2D eigenvalue weighted by Crippen LogP contribution is -2.30. The average molecular weight is 294 g/mol. The van der Waals surface area contributed by atoms with Crippen molar-refractivity contribution in [2.75, 3.05) is 6.61 Å². The van der Waals surface area contributed by atoms with Crippen molar-refractivity contribution in [3.8, 4) is 0 Å². The van der Waals surface area contributed by atoms with Crippen LogP contribution >= 0.6 is 0 Å². The molecule has 6 nitrogen and oxygen atoms in total. The summed E-state index contributed by atoms with van der Waals surface area (Å²) in [6.45, 7) is 0.748. The van der Waals surface area contributed by atoms with Crippen molar-refractivity contribution >= 4 is 5.97 Å². The summed E-state index contributed by atoms with van der Waals surface area (Å²) in [6.07, 6.45) is 7.87. The molecule has 1 saturated heterocycles. The Morgan fingerprint density at radius 1 is 1.29 bits per heavy atom. The van der Waals surface area contributed by atoms with Gasteiger partial charge in [-0.2, -0.15) is 4.98 Å². The molecule has 3 rings (SSSR count). The molecule has 1 aliphatic carbocycles. The number of aliphatic carboxylic acids is 1. The number of hydrogen-bond acceptors (Lipinski definition) is 5. The van der Waals surface area contributed by atoms with Gasteiger partial charge in [-0.25, -0.2) is 0 Å². The van der Waals surface area contributed by atoms with Crippen LogP contribution in [0.25, 0.3) is 0 Å². The summed E-state index contributed by atoms with van der Waals surface area (Å²) in [4.78, 5) is 15.6. The van der Waals surface area contributed by atoms with Crippen LogP contribution in [-0.4, -0.2) is 27.8 Å². The largest absolute Gasteiger partial charge is 0.481 e. The van der Waals surface area contributed by atoms with Gasteiger partial charge in [0.2, 0.25) is 11.7 Å². The molecule has 1 aliphatic heterocycles. The van der Waals surface area contributed by atoms with Gasteiger partial charge in [0.05, 0.1) is 6.42 Å². The Labute approximate surface area is 123 Å². The first-order valence-corrected chi connectivity index (χ1v) is 7.83. The van der Waals surface area contributed by atoms with Gasteiger partial charge < -0.3 is 14.4 Å². The van der Waals surface area contributed by atoms with Crippen LogP contribution in [0.4, 0.5) is 0 Å². The lowest BCUT2D eigenvalue weighted by Gasteiger charge is -2.34. The van der Waals surface area contributed by atoms with Crippen molar-refractivity contribution in [2.24, 2.45) is 5.41 Å². The summed E-state index contributed by atoms with van der Waals surface area (Å²) in [6, 6.07) is 0. The molecule has 0 radical (unpaired) electrons. The van der Waals surface area contributed by atoms with Crippen molar-refractivity contribution in [2.45, 2.75) is 63.9 Å². The zero-order chi connectivity index (χ0) is 14.7. The summed E-state index contributed by atoms with van der Waals surface area (Å²) < 4.78 is 10.9. The average Bonchev–Trinajstić information content (AvgIpc) is 3.09. The maximum absolute atomic E-state index is 11.2. The minimum atomic E-state index is -0.740. The van der Waals surface area contributed by atoms with Gasteiger partial charge in [-0.05, 0) is 31.1 Å². The molecule has 0 bridgehead atoms. The van der Waals surface area contributed by atoms with Crippen LogP contribution in [-0.2, 0) is 16.0 Å². The maximum atomic E-state index is 11.2. The predicted molar refractivity (Wildman–Crippen MR) is 73.7 cm³/mol. The van der Waals surface area contributed by atoms with Crippen LogP contribution < -0.4 is 0 Å². The number of carboxylic acid groups (broad SMARTS) is 1. The van der Waals surface area contributed by atoms with Crippen molar-refractivity contribution in [1.82, 2.24) is 10.1 Å². The normalized spacial score (nSPS) is 25.0. The summed E-state index contributed by atoms with van der Waals surface area (Å²) in [7, 11) is 0. The van der Waals surface area contributed by atoms with E-state index in [9.17, 15) is 9.90 Å². The molecule has 116 valence electrons. The molecule has 1 atom stereocenters. The van der Waals surface area contributed by atoms with E-state index in [1.807, 2.05) is 0 Å². The highest BCUT2D eigenvalue weighted by molar-refractivity contribution is 5.67. The number of nitrogens with zero attached hydrogens (tertiary/aromatic N) is 2. The van der Waals surface area contributed by atoms with Gasteiger partial charge in [0, 0.05) is 13.0 Å². The third-order valence-electron chi connectivity index (χ3n) is 4.67. The lowest BCUT2D eigenvalue weighted by atomic mass is 9.69. The van der Waals surface area contributed by atoms with Crippen LogP contribution in [0.15, 0.2) is 4.52 Å². The molecular formula is C15H22N2O4. The van der Waals surface area contributed by atoms with Crippen molar-refractivity contribution in [1.29, 1.82) is 0 Å². The standard InChI is InChI=1S/C15H22N2O4/c18-13(19)10-15(6-2-1-3-7-15)9-12-16-14(17-21-12)11-5-4-8-20-11/h11H,1-10H2,(H,18,19). The van der Waals surface area contributed by atoms with Crippen molar-refractivity contribution < 1.29 is 19.2 Å². The highest BCUT2D eigenvalue weighted by Crippen LogP contribution is 2.42. The SMILES string of the molecule is O=C(O)CC1(Cc2nc(C3CCCO3)no2)CCCCC1. The topological polar surface area (TPSA) is 85.5 Å². The second-order valence-corrected chi connectivity index (χ2v) is 6.36. The fourth-order valence-electron chi connectivity index (χ4n) is 3.61. The number of hydrogen-bond donors (Lipinski definition) is 1. The van der Waals surface area contributed by atoms with Gasteiger partial charge >= 0.3 is 5.97 Å². The van der Waals surface area contributed by atoms with E-state index in [1.54, 1.807) is 0 Å². The molecule has 2 aliphatic rings. The van der Waals surface area contributed by atoms with E-state index in [2.05, 4.69) is 10.1 Å². The Morgan fingerprint density at radius 3 is 2.76 bits per heavy atom. The van der Waals surface area contributed by atoms with Crippen molar-refractivity contribution in [3.05, 3.63) is 11.7 Å². The Morgan fingerprint density at radius 2 is 2.10 bits per heavy atom. The van der Waals surface area contributed by atoms with E-state index < -0.39 is 5.97 Å². The van der Waals surface area contributed by atoms with Gasteiger partial charge in [0.1, 0.15) is 6.10 Å². The molecule has 21 heavy (non-hydrogen) atoms. The Bertz CT molecular complexity index is 488. The molecule has 0 spiro atoms. The third-order valence-corrected chi connectivity index (χ3v) is 4.67. The lowest BCUT2D eigenvalue weighted by molar-refractivity contribution is -0.140. The van der Waals surface area contributed by atoms with Crippen LogP contribution in [0.1, 0.15) is 69.2 Å². The van der Waals surface area contributed by atoms with Gasteiger partial charge in [-0.3, -0.25) is 4.79 Å². The summed E-state index contributed by atoms with van der Waals surface area (Å²) in [5.41, 5.74) is -0.218. The zero-order valence-corrected chi connectivity index (χ0v) is 12.2. The van der Waals surface area contributed by atoms with Gasteiger partial charge in [0.25, 0.3) is 0 Å². The van der Waals surface area contributed by atoms with Gasteiger partial charge in [0.15, 0.2) is 0 Å². The summed E-state index contributed by atoms with van der Waals surface area (Å²) in [5, 5.41) is 13.2. The molecule has 1 aromatic rings. The van der Waals surface area contributed by atoms with Crippen LogP contribution in [0, 0.1) is 5.41 Å². The summed E-state index contributed by atoms with van der Waals surface area (Å²) >= 11 is 0. The highest BCUT2D eigenvalue weighted by Gasteiger charge is 2.36. The van der Waals surface area contributed by atoms with E-state index in [4.69, 9.17) is 9.26 Å². The fraction of sp³-hybridized carbons (Fsp3) is 0.800. The first kappa shape index (κ1) is 14.5. The molecule has 2 heterocycles. The minimum absolute atomic E-state index is 0.0516. The van der Waals surface area contributed by atoms with Crippen molar-refractivity contribution in [3.63, 3.8) is 0 Å². The van der Waals surface area contributed by atoms with E-state index in [0.717, 1.165) is 45.1 Å². The Hall–Kier alpha value is -1.43. The Kier molecular flexibility index (Phi) is 4.24. The summed E-state index contributed by atoms with van der Waals surface area (Å²) in [5.74, 6) is 0.434. The fourth-order valence-corrected chi connectivity index (χ4v) is 3.61. The number of ether oxygens (including phenoxy) is 1. The smallest absolute Gasteiger partial charge is 0.303 e. The van der Waals surface area contributed by atoms with Crippen LogP contribution in [0.2, 0.25) is 0 Å². The molecule has 2 fully saturated rings. The predicted octanol–water partition coefficient (Wildman–Crippen LogP) is 2.89. The Balaban J connectivity index is 1.71. The third kappa shape index (κ3) is 3.43. The highest BCUT2D eigenvalue weighted by atomic mass is 16.5. The maximum Gasteiger partial charge on any atom is 0.303 e. The molecule has 1 unspecified atom stereocenters. The molecule has 1 saturated carbocycles. The molecular weight excluding hydrogens is 272 g/mol. The number of carboxylic acids is 1. The van der Waals surface area contributed by atoms with E-state index in [0.29, 0.717) is 18.1 Å². The van der Waals surface area contributed by atoms with E-state index in [1.165, 1.54) is 6.42 Å². The molecule has 6 heteroatoms. The van der Waals surface area contributed by atoms with Crippen LogP contribution in [0.5, 0.6) is 0 Å². The van der Waals surface area contributed by atoms with E-state index >= 15 is 0 Å². The number of carbonyl (C=O) groups is 1. The second kappa shape index (κ2) is 6.13. The zero-order valence-electron chi connectivity index (χ0n) is 12.2. The first-order valence-electron chi connectivity index (χ1n) is 7.83. The second-order valence-electron chi connectivity index (χ2n) is 6.36. The van der Waals surface area contributed by atoms with E-state index in [-0.39, 0.29) is 17.9 Å². The quantitative estimate of drug-likeness (QED) is 0.898. The van der Waals surface area contributed by atoms with Crippen LogP contribution in [0.3, 0.4) is 0 Å². The first-order chi connectivity index (χ1) is 10.2. The molecule has 1 aromatic heterocycles. The van der Waals surface area contributed by atoms with Gasteiger partial charge in [-0.15, -0.1) is 0 Å². The molecule has 0 amide bonds.